The van der Waals surface area contributed by atoms with E-state index in [1.165, 1.54) is 0 Å². The van der Waals surface area contributed by atoms with E-state index in [9.17, 15) is 19.1 Å². The van der Waals surface area contributed by atoms with Crippen LogP contribution in [0, 0.1) is 17.2 Å². The predicted molar refractivity (Wildman–Crippen MR) is 112 cm³/mol. The molecule has 1 saturated heterocycles. The largest absolute Gasteiger partial charge is 0.478 e. The molecule has 30 heavy (non-hydrogen) atoms. The molecule has 1 unspecified atom stereocenters. The minimum absolute atomic E-state index is 0.168. The molecule has 3 rings (SSSR count). The third-order valence-corrected chi connectivity index (χ3v) is 6.37. The normalized spacial score (nSPS) is 23.7. The number of benzene rings is 1. The van der Waals surface area contributed by atoms with Crippen molar-refractivity contribution in [1.29, 1.82) is 0 Å². The van der Waals surface area contributed by atoms with Crippen LogP contribution in [-0.2, 0) is 28.0 Å². The Morgan fingerprint density at radius 2 is 1.70 bits per heavy atom. The minimum atomic E-state index is -1.26. The Bertz CT molecular complexity index is 811. The van der Waals surface area contributed by atoms with Crippen LogP contribution in [0.1, 0.15) is 50.3 Å². The van der Waals surface area contributed by atoms with E-state index in [0.29, 0.717) is 12.2 Å². The maximum absolute atomic E-state index is 13.9. The van der Waals surface area contributed by atoms with Crippen molar-refractivity contribution in [1.82, 2.24) is 4.90 Å². The van der Waals surface area contributed by atoms with E-state index in [4.69, 9.17) is 10.2 Å². The van der Waals surface area contributed by atoms with Crippen molar-refractivity contribution < 1.29 is 29.3 Å². The van der Waals surface area contributed by atoms with Crippen molar-refractivity contribution in [3.05, 3.63) is 46.8 Å². The summed E-state index contributed by atoms with van der Waals surface area (Å²) in [5.74, 6) is -2.42. The smallest absolute Gasteiger partial charge is 0.328 e. The first-order valence-corrected chi connectivity index (χ1v) is 10.3. The summed E-state index contributed by atoms with van der Waals surface area (Å²) < 4.78 is 13.9. The summed E-state index contributed by atoms with van der Waals surface area (Å²) in [6.45, 7) is 8.39. The molecule has 2 aliphatic rings. The molecule has 0 saturated carbocycles. The molecule has 0 spiro atoms. The number of piperidine rings is 1. The molecule has 7 heteroatoms. The van der Waals surface area contributed by atoms with Crippen LogP contribution in [0.25, 0.3) is 0 Å². The molecule has 0 radical (unpaired) electrons. The Kier molecular flexibility index (Phi) is 7.42. The molecule has 0 bridgehead atoms. The number of halogens is 1. The maximum Gasteiger partial charge on any atom is 0.328 e. The van der Waals surface area contributed by atoms with Crippen LogP contribution < -0.4 is 0 Å². The van der Waals surface area contributed by atoms with Gasteiger partial charge in [0.05, 0.1) is 5.60 Å². The van der Waals surface area contributed by atoms with Gasteiger partial charge in [0.25, 0.3) is 0 Å². The first kappa shape index (κ1) is 24.0. The van der Waals surface area contributed by atoms with Crippen molar-refractivity contribution in [3.63, 3.8) is 0 Å². The van der Waals surface area contributed by atoms with E-state index in [-0.39, 0.29) is 17.2 Å². The van der Waals surface area contributed by atoms with E-state index >= 15 is 0 Å². The number of fused-ring (bicyclic) bond motifs is 1. The average molecular weight is 422 g/mol. The Morgan fingerprint density at radius 3 is 2.17 bits per heavy atom. The number of carboxylic acids is 2. The zero-order chi connectivity index (χ0) is 22.7. The van der Waals surface area contributed by atoms with Gasteiger partial charge in [-0.15, -0.1) is 0 Å². The average Bonchev–Trinajstić information content (AvgIpc) is 2.86. The highest BCUT2D eigenvalue weighted by Crippen LogP contribution is 2.57. The fraction of sp³-hybridized carbons (Fsp3) is 0.565. The number of rotatable bonds is 4. The molecule has 166 valence electrons. The number of likely N-dealkylation sites (tertiary alicyclic amines) is 1. The highest BCUT2D eigenvalue weighted by molar-refractivity contribution is 5.89. The van der Waals surface area contributed by atoms with E-state index in [1.807, 2.05) is 0 Å². The van der Waals surface area contributed by atoms with E-state index in [2.05, 4.69) is 32.7 Å². The first-order valence-electron chi connectivity index (χ1n) is 10.3. The monoisotopic (exact) mass is 421 g/mol. The Labute approximate surface area is 177 Å². The van der Waals surface area contributed by atoms with Crippen LogP contribution in [-0.4, -0.2) is 52.3 Å². The first-order chi connectivity index (χ1) is 13.9. The van der Waals surface area contributed by atoms with Gasteiger partial charge in [-0.2, -0.15) is 0 Å². The van der Waals surface area contributed by atoms with Gasteiger partial charge in [0.2, 0.25) is 0 Å². The predicted octanol–water partition coefficient (Wildman–Crippen LogP) is 3.21. The lowest BCUT2D eigenvalue weighted by molar-refractivity contribution is -0.134. The second-order valence-electron chi connectivity index (χ2n) is 8.87. The van der Waals surface area contributed by atoms with Crippen LogP contribution in [0.3, 0.4) is 0 Å². The molecule has 1 aromatic rings. The van der Waals surface area contributed by atoms with Gasteiger partial charge in [0, 0.05) is 17.6 Å². The fourth-order valence-electron chi connectivity index (χ4n) is 4.91. The Morgan fingerprint density at radius 1 is 1.17 bits per heavy atom. The van der Waals surface area contributed by atoms with Gasteiger partial charge in [-0.1, -0.05) is 20.8 Å². The highest BCUT2D eigenvalue weighted by atomic mass is 19.1. The van der Waals surface area contributed by atoms with Gasteiger partial charge >= 0.3 is 11.9 Å². The van der Waals surface area contributed by atoms with E-state index < -0.39 is 17.5 Å². The van der Waals surface area contributed by atoms with Gasteiger partial charge in [-0.3, -0.25) is 0 Å². The van der Waals surface area contributed by atoms with Gasteiger partial charge in [0.15, 0.2) is 0 Å². The van der Waals surface area contributed by atoms with Crippen LogP contribution in [0.2, 0.25) is 0 Å². The molecule has 3 N–H and O–H groups in total. The van der Waals surface area contributed by atoms with Gasteiger partial charge in [-0.25, -0.2) is 14.0 Å². The molecule has 1 aliphatic heterocycles. The van der Waals surface area contributed by atoms with Crippen LogP contribution >= 0.6 is 0 Å². The molecule has 1 heterocycles. The van der Waals surface area contributed by atoms with Crippen molar-refractivity contribution in [2.75, 3.05) is 20.1 Å². The summed E-state index contributed by atoms with van der Waals surface area (Å²) in [5, 5.41) is 27.5. The van der Waals surface area contributed by atoms with Crippen molar-refractivity contribution in [2.45, 2.75) is 52.1 Å². The van der Waals surface area contributed by atoms with E-state index in [1.54, 1.807) is 12.1 Å². The quantitative estimate of drug-likeness (QED) is 0.646. The molecule has 1 aliphatic carbocycles. The number of nitrogens with zero attached hydrogens (tertiary/aromatic N) is 1. The molecule has 1 atom stereocenters. The molecular formula is C23H32FNO5. The number of aryl methyl sites for hydroxylation is 1. The minimum Gasteiger partial charge on any atom is -0.478 e. The van der Waals surface area contributed by atoms with Crippen LogP contribution in [0.4, 0.5) is 4.39 Å². The lowest BCUT2D eigenvalue weighted by atomic mass is 9.64. The number of aliphatic hydroxyl groups is 1. The number of carboxylic acid groups (broad SMARTS) is 2. The summed E-state index contributed by atoms with van der Waals surface area (Å²) >= 11 is 0. The Balaban J connectivity index is 0.000000343. The van der Waals surface area contributed by atoms with Crippen LogP contribution in [0.15, 0.2) is 24.3 Å². The Hall–Kier alpha value is -2.25. The number of aliphatic carboxylic acids is 2. The molecule has 1 aromatic carbocycles. The van der Waals surface area contributed by atoms with Crippen molar-refractivity contribution in [3.8, 4) is 0 Å². The summed E-state index contributed by atoms with van der Waals surface area (Å²) in [6.07, 6.45) is 4.67. The molecule has 6 nitrogen and oxygen atoms in total. The molecule has 0 aromatic heterocycles. The second kappa shape index (κ2) is 9.27. The van der Waals surface area contributed by atoms with Gasteiger partial charge < -0.3 is 20.2 Å². The second-order valence-corrected chi connectivity index (χ2v) is 8.87. The highest BCUT2D eigenvalue weighted by Gasteiger charge is 2.56. The lowest BCUT2D eigenvalue weighted by Gasteiger charge is -2.47. The third kappa shape index (κ3) is 4.90. The number of hydrogen-bond acceptors (Lipinski definition) is 4. The zero-order valence-corrected chi connectivity index (χ0v) is 18.1. The lowest BCUT2D eigenvalue weighted by Crippen LogP contribution is -2.49. The van der Waals surface area contributed by atoms with Crippen molar-refractivity contribution in [2.24, 2.45) is 11.3 Å². The fourth-order valence-corrected chi connectivity index (χ4v) is 4.91. The zero-order valence-electron chi connectivity index (χ0n) is 18.1. The topological polar surface area (TPSA) is 98.1 Å². The summed E-state index contributed by atoms with van der Waals surface area (Å²) in [7, 11) is 2.14. The number of carbonyl (C=O) groups is 2. The SMILES string of the molecule is CCc1cc(F)cc2c1C(O)(C1CCN(C)CC1)C(C)(C)C2.O=C(O)/C=C/C(=O)O. The van der Waals surface area contributed by atoms with Crippen molar-refractivity contribution >= 4 is 11.9 Å². The number of hydrogen-bond donors (Lipinski definition) is 3. The van der Waals surface area contributed by atoms with Gasteiger partial charge in [0.1, 0.15) is 5.82 Å². The summed E-state index contributed by atoms with van der Waals surface area (Å²) in [5.41, 5.74) is 1.97. The maximum atomic E-state index is 13.9. The van der Waals surface area contributed by atoms with Crippen LogP contribution in [0.5, 0.6) is 0 Å². The molecule has 0 amide bonds. The summed E-state index contributed by atoms with van der Waals surface area (Å²) in [6, 6.07) is 3.27. The standard InChI is InChI=1S/C19H28FNO.C4H4O4/c1-5-13-10-16(20)11-14-12-18(2,3)19(22,17(13)14)15-6-8-21(4)9-7-15;5-3(6)1-2-4(7)8/h10-11,15,22H,5-9,12H2,1-4H3;1-2H,(H,5,6)(H,7,8)/b;2-1+. The van der Waals surface area contributed by atoms with E-state index in [0.717, 1.165) is 55.5 Å². The third-order valence-electron chi connectivity index (χ3n) is 6.37. The summed E-state index contributed by atoms with van der Waals surface area (Å²) in [4.78, 5) is 21.4. The van der Waals surface area contributed by atoms with Gasteiger partial charge in [-0.05, 0) is 80.6 Å². The molecular weight excluding hydrogens is 389 g/mol. The molecule has 1 fully saturated rings.